The predicted octanol–water partition coefficient (Wildman–Crippen LogP) is 7.60. The van der Waals surface area contributed by atoms with Crippen LogP contribution in [0.15, 0.2) is 83.3 Å². The van der Waals surface area contributed by atoms with E-state index in [1.165, 1.54) is 17.4 Å². The van der Waals surface area contributed by atoms with Crippen molar-refractivity contribution in [3.8, 4) is 16.9 Å². The summed E-state index contributed by atoms with van der Waals surface area (Å²) in [6.07, 6.45) is 1.59. The minimum absolute atomic E-state index is 0.0498. The standard InChI is InChI=1S/C30H25ClN6O3S/c1-18-14-26(37(39)40)12-13-28(18)36-19(2)15-23(20(36)3)16-32-35-29(38)22-6-4-21(5-7-22)27-17-41-30(34-27)33-25-10-8-24(31)9-11-25/h4-17H,1-3H3,(H,33,34)(H,35,38)/b32-16-. The van der Waals surface area contributed by atoms with Crippen LogP contribution in [0.4, 0.5) is 16.5 Å². The maximum atomic E-state index is 12.7. The Kier molecular flexibility index (Phi) is 7.95. The molecule has 5 aromatic rings. The van der Waals surface area contributed by atoms with Crippen molar-refractivity contribution in [3.05, 3.63) is 121 Å². The fourth-order valence-corrected chi connectivity index (χ4v) is 5.30. The molecule has 9 nitrogen and oxygen atoms in total. The first-order chi connectivity index (χ1) is 19.7. The van der Waals surface area contributed by atoms with Crippen LogP contribution in [0.25, 0.3) is 16.9 Å². The number of nitro groups is 1. The van der Waals surface area contributed by atoms with Crippen LogP contribution in [0.3, 0.4) is 0 Å². The fourth-order valence-electron chi connectivity index (χ4n) is 4.43. The van der Waals surface area contributed by atoms with Crippen molar-refractivity contribution in [1.29, 1.82) is 0 Å². The lowest BCUT2D eigenvalue weighted by molar-refractivity contribution is -0.384. The number of thiazole rings is 1. The molecule has 11 heteroatoms. The van der Waals surface area contributed by atoms with E-state index in [2.05, 4.69) is 20.8 Å². The van der Waals surface area contributed by atoms with Crippen molar-refractivity contribution in [2.24, 2.45) is 5.10 Å². The highest BCUT2D eigenvalue weighted by Gasteiger charge is 2.15. The lowest BCUT2D eigenvalue weighted by Crippen LogP contribution is -2.17. The maximum absolute atomic E-state index is 12.7. The molecule has 1 amide bonds. The van der Waals surface area contributed by atoms with E-state index in [0.29, 0.717) is 10.6 Å². The monoisotopic (exact) mass is 584 g/mol. The minimum Gasteiger partial charge on any atom is -0.332 e. The highest BCUT2D eigenvalue weighted by Crippen LogP contribution is 2.28. The van der Waals surface area contributed by atoms with Crippen molar-refractivity contribution in [1.82, 2.24) is 15.0 Å². The van der Waals surface area contributed by atoms with Gasteiger partial charge in [-0.3, -0.25) is 14.9 Å². The van der Waals surface area contributed by atoms with E-state index in [0.717, 1.165) is 50.3 Å². The normalized spacial score (nSPS) is 11.1. The summed E-state index contributed by atoms with van der Waals surface area (Å²) in [5, 5.41) is 21.9. The number of halogens is 1. The summed E-state index contributed by atoms with van der Waals surface area (Å²) < 4.78 is 2.01. The molecule has 206 valence electrons. The molecule has 2 N–H and O–H groups in total. The van der Waals surface area contributed by atoms with E-state index < -0.39 is 4.92 Å². The molecule has 0 aliphatic rings. The lowest BCUT2D eigenvalue weighted by Gasteiger charge is -2.12. The summed E-state index contributed by atoms with van der Waals surface area (Å²) >= 11 is 7.43. The van der Waals surface area contributed by atoms with Crippen molar-refractivity contribution < 1.29 is 9.72 Å². The van der Waals surface area contributed by atoms with Gasteiger partial charge < -0.3 is 9.88 Å². The number of aromatic nitrogens is 2. The number of hydrazone groups is 1. The number of hydrogen-bond donors (Lipinski definition) is 2. The third-order valence-corrected chi connectivity index (χ3v) is 7.52. The van der Waals surface area contributed by atoms with Crippen LogP contribution >= 0.6 is 22.9 Å². The van der Waals surface area contributed by atoms with Gasteiger partial charge in [-0.25, -0.2) is 10.4 Å². The summed E-state index contributed by atoms with van der Waals surface area (Å²) in [4.78, 5) is 28.0. The number of nitrogens with one attached hydrogen (secondary N) is 2. The van der Waals surface area contributed by atoms with E-state index in [-0.39, 0.29) is 11.6 Å². The molecule has 2 aromatic heterocycles. The van der Waals surface area contributed by atoms with Crippen molar-refractivity contribution in [2.75, 3.05) is 5.32 Å². The number of aryl methyl sites for hydroxylation is 2. The number of carbonyl (C=O) groups is 1. The first-order valence-electron chi connectivity index (χ1n) is 12.6. The second kappa shape index (κ2) is 11.7. The second-order valence-corrected chi connectivity index (χ2v) is 10.6. The van der Waals surface area contributed by atoms with Crippen molar-refractivity contribution >= 4 is 51.6 Å². The minimum atomic E-state index is -0.406. The molecule has 2 heterocycles. The molecule has 0 saturated carbocycles. The number of non-ortho nitro benzene ring substituents is 1. The number of rotatable bonds is 8. The van der Waals surface area contributed by atoms with Gasteiger partial charge in [-0.1, -0.05) is 23.7 Å². The molecule has 0 aliphatic heterocycles. The van der Waals surface area contributed by atoms with Gasteiger partial charge >= 0.3 is 0 Å². The van der Waals surface area contributed by atoms with E-state index in [4.69, 9.17) is 11.6 Å². The van der Waals surface area contributed by atoms with E-state index >= 15 is 0 Å². The molecule has 0 atom stereocenters. The first-order valence-corrected chi connectivity index (χ1v) is 13.8. The second-order valence-electron chi connectivity index (χ2n) is 9.34. The molecule has 0 fully saturated rings. The van der Waals surface area contributed by atoms with Gasteiger partial charge in [-0.15, -0.1) is 11.3 Å². The zero-order chi connectivity index (χ0) is 29.1. The molecule has 0 spiro atoms. The molecule has 0 bridgehead atoms. The number of nitrogens with zero attached hydrogens (tertiary/aromatic N) is 4. The quantitative estimate of drug-likeness (QED) is 0.111. The Hall–Kier alpha value is -4.80. The molecule has 0 unspecified atom stereocenters. The molecule has 41 heavy (non-hydrogen) atoms. The van der Waals surface area contributed by atoms with Crippen LogP contribution in [0.5, 0.6) is 0 Å². The highest BCUT2D eigenvalue weighted by molar-refractivity contribution is 7.14. The Morgan fingerprint density at radius 2 is 1.78 bits per heavy atom. The fraction of sp³-hybridized carbons (Fsp3) is 0.100. The van der Waals surface area contributed by atoms with Crippen LogP contribution in [0.1, 0.15) is 32.9 Å². The molecule has 5 rings (SSSR count). The number of amides is 1. The maximum Gasteiger partial charge on any atom is 0.271 e. The van der Waals surface area contributed by atoms with Gasteiger partial charge in [0.25, 0.3) is 11.6 Å². The summed E-state index contributed by atoms with van der Waals surface area (Å²) in [7, 11) is 0. The Morgan fingerprint density at radius 3 is 2.46 bits per heavy atom. The Balaban J connectivity index is 1.23. The van der Waals surface area contributed by atoms with Crippen LogP contribution in [-0.2, 0) is 0 Å². The van der Waals surface area contributed by atoms with Crippen molar-refractivity contribution in [2.45, 2.75) is 20.8 Å². The van der Waals surface area contributed by atoms with Gasteiger partial charge in [-0.2, -0.15) is 5.10 Å². The lowest BCUT2D eigenvalue weighted by atomic mass is 10.1. The molecule has 0 saturated heterocycles. The topological polar surface area (TPSA) is 114 Å². The van der Waals surface area contributed by atoms with Gasteiger partial charge in [0.1, 0.15) is 0 Å². The number of hydrogen-bond acceptors (Lipinski definition) is 7. The largest absolute Gasteiger partial charge is 0.332 e. The zero-order valence-corrected chi connectivity index (χ0v) is 24.0. The van der Waals surface area contributed by atoms with Crippen LogP contribution in [0.2, 0.25) is 5.02 Å². The predicted molar refractivity (Wildman–Crippen MR) is 164 cm³/mol. The van der Waals surface area contributed by atoms with Gasteiger partial charge in [0.05, 0.1) is 16.8 Å². The molecular weight excluding hydrogens is 560 g/mol. The smallest absolute Gasteiger partial charge is 0.271 e. The third-order valence-electron chi connectivity index (χ3n) is 6.51. The summed E-state index contributed by atoms with van der Waals surface area (Å²) in [6, 6.07) is 21.3. The number of nitro benzene ring substituents is 1. The van der Waals surface area contributed by atoms with E-state index in [9.17, 15) is 14.9 Å². The van der Waals surface area contributed by atoms with Gasteiger partial charge in [0.15, 0.2) is 5.13 Å². The average Bonchev–Trinajstić information content (AvgIpc) is 3.53. The van der Waals surface area contributed by atoms with Gasteiger partial charge in [0, 0.05) is 62.0 Å². The number of anilines is 2. The third kappa shape index (κ3) is 6.19. The molecule has 0 aliphatic carbocycles. The Bertz CT molecular complexity index is 1780. The molecule has 0 radical (unpaired) electrons. The van der Waals surface area contributed by atoms with Gasteiger partial charge in [-0.05, 0) is 74.9 Å². The number of carbonyl (C=O) groups excluding carboxylic acids is 1. The summed E-state index contributed by atoms with van der Waals surface area (Å²) in [6.45, 7) is 5.72. The molecular formula is C30H25ClN6O3S. The van der Waals surface area contributed by atoms with Crippen LogP contribution < -0.4 is 10.7 Å². The SMILES string of the molecule is Cc1cc([N+](=O)[O-])ccc1-n1c(C)cc(/C=N\NC(=O)c2ccc(-c3csc(Nc4ccc(Cl)cc4)n3)cc2)c1C. The molecule has 3 aromatic carbocycles. The average molecular weight is 585 g/mol. The zero-order valence-electron chi connectivity index (χ0n) is 22.4. The summed E-state index contributed by atoms with van der Waals surface area (Å²) in [5.74, 6) is -0.337. The van der Waals surface area contributed by atoms with E-state index in [1.807, 2.05) is 73.2 Å². The van der Waals surface area contributed by atoms with Crippen LogP contribution in [-0.4, -0.2) is 26.6 Å². The Labute approximate surface area is 245 Å². The number of benzene rings is 3. The van der Waals surface area contributed by atoms with Crippen LogP contribution in [0, 0.1) is 30.9 Å². The van der Waals surface area contributed by atoms with E-state index in [1.54, 1.807) is 30.5 Å². The summed E-state index contributed by atoms with van der Waals surface area (Å²) in [5.41, 5.74) is 9.98. The Morgan fingerprint density at radius 1 is 1.05 bits per heavy atom. The van der Waals surface area contributed by atoms with Crippen molar-refractivity contribution in [3.63, 3.8) is 0 Å². The highest BCUT2D eigenvalue weighted by atomic mass is 35.5. The van der Waals surface area contributed by atoms with Gasteiger partial charge in [0.2, 0.25) is 0 Å². The first kappa shape index (κ1) is 27.8.